The molecule has 29 heavy (non-hydrogen) atoms. The predicted octanol–water partition coefficient (Wildman–Crippen LogP) is 3.36. The first-order valence-corrected chi connectivity index (χ1v) is 9.87. The van der Waals surface area contributed by atoms with Crippen LogP contribution >= 0.6 is 24.0 Å². The lowest BCUT2D eigenvalue weighted by Gasteiger charge is -2.34. The van der Waals surface area contributed by atoms with Crippen molar-refractivity contribution in [3.63, 3.8) is 0 Å². The number of aliphatic imine (C=N–C) groups is 1. The maximum absolute atomic E-state index is 6.10. The van der Waals surface area contributed by atoms with E-state index in [1.54, 1.807) is 0 Å². The SMILES string of the molecule is CCNC(=NCc1nnc2ccccn12)N1CCC(Oc2ccccc2)CC1.I. The molecule has 0 unspecified atom stereocenters. The van der Waals surface area contributed by atoms with Crippen molar-refractivity contribution in [2.75, 3.05) is 19.6 Å². The largest absolute Gasteiger partial charge is 0.490 e. The Kier molecular flexibility index (Phi) is 7.68. The predicted molar refractivity (Wildman–Crippen MR) is 125 cm³/mol. The van der Waals surface area contributed by atoms with Crippen LogP contribution in [-0.4, -0.2) is 51.2 Å². The highest BCUT2D eigenvalue weighted by atomic mass is 127. The van der Waals surface area contributed by atoms with Gasteiger partial charge in [0, 0.05) is 38.7 Å². The van der Waals surface area contributed by atoms with Crippen molar-refractivity contribution >= 4 is 35.6 Å². The lowest BCUT2D eigenvalue weighted by atomic mass is 10.1. The number of benzene rings is 1. The minimum Gasteiger partial charge on any atom is -0.490 e. The Balaban J connectivity index is 0.00000240. The van der Waals surface area contributed by atoms with Crippen LogP contribution in [0, 0.1) is 0 Å². The second-order valence-corrected chi connectivity index (χ2v) is 6.83. The summed E-state index contributed by atoms with van der Waals surface area (Å²) in [7, 11) is 0. The number of pyridine rings is 1. The van der Waals surface area contributed by atoms with Crippen LogP contribution in [-0.2, 0) is 6.54 Å². The number of likely N-dealkylation sites (tertiary alicyclic amines) is 1. The number of hydrogen-bond donors (Lipinski definition) is 1. The molecule has 0 aliphatic carbocycles. The van der Waals surface area contributed by atoms with Crippen LogP contribution in [0.25, 0.3) is 5.65 Å². The van der Waals surface area contributed by atoms with E-state index in [1.165, 1.54) is 0 Å². The van der Waals surface area contributed by atoms with Gasteiger partial charge in [-0.3, -0.25) is 4.40 Å². The zero-order chi connectivity index (χ0) is 19.2. The Bertz CT molecular complexity index is 921. The van der Waals surface area contributed by atoms with Crippen molar-refractivity contribution in [3.8, 4) is 5.75 Å². The van der Waals surface area contributed by atoms with Gasteiger partial charge in [0.25, 0.3) is 0 Å². The van der Waals surface area contributed by atoms with Crippen molar-refractivity contribution in [2.45, 2.75) is 32.4 Å². The number of rotatable bonds is 5. The Morgan fingerprint density at radius 3 is 2.62 bits per heavy atom. The van der Waals surface area contributed by atoms with E-state index in [-0.39, 0.29) is 30.1 Å². The first kappa shape index (κ1) is 21.4. The summed E-state index contributed by atoms with van der Waals surface area (Å²) in [5.74, 6) is 2.71. The summed E-state index contributed by atoms with van der Waals surface area (Å²) in [5.41, 5.74) is 0.844. The number of nitrogens with one attached hydrogen (secondary N) is 1. The molecule has 0 saturated carbocycles. The normalized spacial score (nSPS) is 15.2. The highest BCUT2D eigenvalue weighted by Gasteiger charge is 2.22. The average Bonchev–Trinajstić information content (AvgIpc) is 3.16. The molecule has 3 heterocycles. The molecule has 0 amide bonds. The molecule has 3 aromatic rings. The lowest BCUT2D eigenvalue weighted by Crippen LogP contribution is -2.47. The fourth-order valence-electron chi connectivity index (χ4n) is 3.45. The maximum atomic E-state index is 6.10. The number of hydrogen-bond acceptors (Lipinski definition) is 4. The molecule has 1 aliphatic rings. The van der Waals surface area contributed by atoms with E-state index in [1.807, 2.05) is 59.1 Å². The van der Waals surface area contributed by atoms with Crippen molar-refractivity contribution in [1.29, 1.82) is 0 Å². The highest BCUT2D eigenvalue weighted by Crippen LogP contribution is 2.18. The Labute approximate surface area is 188 Å². The molecule has 4 rings (SSSR count). The van der Waals surface area contributed by atoms with Gasteiger partial charge in [-0.2, -0.15) is 0 Å². The van der Waals surface area contributed by atoms with Gasteiger partial charge in [-0.05, 0) is 31.2 Å². The number of fused-ring (bicyclic) bond motifs is 1. The fourth-order valence-corrected chi connectivity index (χ4v) is 3.45. The van der Waals surface area contributed by atoms with Gasteiger partial charge in [0.1, 0.15) is 18.4 Å². The standard InChI is InChI=1S/C21H26N6O.HI/c1-2-22-21(23-16-20-25-24-19-10-6-7-13-27(19)20)26-14-11-18(12-15-26)28-17-8-4-3-5-9-17;/h3-10,13,18H,2,11-12,14-16H2,1H3,(H,22,23);1H. The molecule has 1 aliphatic heterocycles. The number of halogens is 1. The van der Waals surface area contributed by atoms with Crippen LogP contribution in [0.5, 0.6) is 5.75 Å². The Morgan fingerprint density at radius 2 is 1.86 bits per heavy atom. The van der Waals surface area contributed by atoms with Gasteiger partial charge in [-0.15, -0.1) is 34.2 Å². The average molecular weight is 506 g/mol. The van der Waals surface area contributed by atoms with E-state index in [9.17, 15) is 0 Å². The third-order valence-electron chi connectivity index (χ3n) is 4.88. The van der Waals surface area contributed by atoms with E-state index in [0.29, 0.717) is 6.54 Å². The first-order chi connectivity index (χ1) is 13.8. The molecule has 1 aromatic carbocycles. The molecule has 1 N–H and O–H groups in total. The number of piperidine rings is 1. The van der Waals surface area contributed by atoms with Gasteiger partial charge in [0.2, 0.25) is 0 Å². The first-order valence-electron chi connectivity index (χ1n) is 9.87. The minimum atomic E-state index is 0. The number of ether oxygens (including phenoxy) is 1. The molecule has 0 bridgehead atoms. The maximum Gasteiger partial charge on any atom is 0.194 e. The molecule has 0 atom stereocenters. The molecule has 1 fully saturated rings. The topological polar surface area (TPSA) is 67.0 Å². The fraction of sp³-hybridized carbons (Fsp3) is 0.381. The molecule has 2 aromatic heterocycles. The van der Waals surface area contributed by atoms with Crippen molar-refractivity contribution in [1.82, 2.24) is 24.8 Å². The number of guanidine groups is 1. The summed E-state index contributed by atoms with van der Waals surface area (Å²) >= 11 is 0. The summed E-state index contributed by atoms with van der Waals surface area (Å²) in [6, 6.07) is 15.9. The summed E-state index contributed by atoms with van der Waals surface area (Å²) < 4.78 is 8.08. The summed E-state index contributed by atoms with van der Waals surface area (Å²) in [4.78, 5) is 7.11. The molecule has 154 valence electrons. The second kappa shape index (κ2) is 10.4. The van der Waals surface area contributed by atoms with E-state index in [4.69, 9.17) is 9.73 Å². The Hall–Kier alpha value is -2.36. The molecule has 7 nitrogen and oxygen atoms in total. The van der Waals surface area contributed by atoms with E-state index in [2.05, 4.69) is 27.3 Å². The number of para-hydroxylation sites is 1. The lowest BCUT2D eigenvalue weighted by molar-refractivity contribution is 0.129. The second-order valence-electron chi connectivity index (χ2n) is 6.83. The quantitative estimate of drug-likeness (QED) is 0.327. The van der Waals surface area contributed by atoms with Crippen LogP contribution in [0.15, 0.2) is 59.7 Å². The third kappa shape index (κ3) is 5.37. The van der Waals surface area contributed by atoms with Crippen molar-refractivity contribution < 1.29 is 4.74 Å². The van der Waals surface area contributed by atoms with Crippen LogP contribution in [0.2, 0.25) is 0 Å². The minimum absolute atomic E-state index is 0. The van der Waals surface area contributed by atoms with Gasteiger partial charge in [0.15, 0.2) is 17.4 Å². The summed E-state index contributed by atoms with van der Waals surface area (Å²) in [5, 5.41) is 11.9. The molecule has 0 spiro atoms. The van der Waals surface area contributed by atoms with Gasteiger partial charge in [0.05, 0.1) is 0 Å². The van der Waals surface area contributed by atoms with Gasteiger partial charge in [-0.25, -0.2) is 4.99 Å². The molecular formula is C21H27IN6O. The highest BCUT2D eigenvalue weighted by molar-refractivity contribution is 14.0. The van der Waals surface area contributed by atoms with E-state index < -0.39 is 0 Å². The smallest absolute Gasteiger partial charge is 0.194 e. The van der Waals surface area contributed by atoms with Crippen LogP contribution in [0.1, 0.15) is 25.6 Å². The van der Waals surface area contributed by atoms with Crippen molar-refractivity contribution in [2.24, 2.45) is 4.99 Å². The Morgan fingerprint density at radius 1 is 1.10 bits per heavy atom. The number of aromatic nitrogens is 3. The van der Waals surface area contributed by atoms with Crippen LogP contribution < -0.4 is 10.1 Å². The summed E-state index contributed by atoms with van der Waals surface area (Å²) in [6.07, 6.45) is 4.18. The summed E-state index contributed by atoms with van der Waals surface area (Å²) in [6.45, 7) is 5.26. The van der Waals surface area contributed by atoms with Crippen LogP contribution in [0.4, 0.5) is 0 Å². The zero-order valence-electron chi connectivity index (χ0n) is 16.6. The van der Waals surface area contributed by atoms with Gasteiger partial charge in [-0.1, -0.05) is 24.3 Å². The van der Waals surface area contributed by atoms with E-state index in [0.717, 1.165) is 55.7 Å². The third-order valence-corrected chi connectivity index (χ3v) is 4.88. The monoisotopic (exact) mass is 506 g/mol. The molecule has 1 saturated heterocycles. The van der Waals surface area contributed by atoms with Crippen LogP contribution in [0.3, 0.4) is 0 Å². The van der Waals surface area contributed by atoms with Gasteiger partial charge >= 0.3 is 0 Å². The number of nitrogens with zero attached hydrogens (tertiary/aromatic N) is 5. The van der Waals surface area contributed by atoms with E-state index >= 15 is 0 Å². The molecule has 0 radical (unpaired) electrons. The molecule has 8 heteroatoms. The van der Waals surface area contributed by atoms with Crippen molar-refractivity contribution in [3.05, 3.63) is 60.6 Å². The molecular weight excluding hydrogens is 479 g/mol. The van der Waals surface area contributed by atoms with Gasteiger partial charge < -0.3 is 15.0 Å². The zero-order valence-corrected chi connectivity index (χ0v) is 18.9.